The van der Waals surface area contributed by atoms with Gasteiger partial charge in [-0.2, -0.15) is 0 Å². The first-order chi connectivity index (χ1) is 34.5. The molecule has 6 rings (SSSR count). The van der Waals surface area contributed by atoms with Gasteiger partial charge in [0.05, 0.1) is 37.5 Å². The molecule has 0 spiro atoms. The standard InChI is InChI=1S/C45H44N6O21/c1-64-43(61)67-28-12-4-9-25-34(28)70-40(58)49(37(25)55)22-15-31(52)46-18-7-20-48(33(54)17-24-51-39(57)27-11-6-14-30(69-45(63)66-3)36(27)72-42(51)60)21-8-19-47-32(53)16-23-50-38(56)26-10-5-13-29(68-44(62)65-2)35(26)71-41(50)59/h4-6,9-14H,7-8,15-24H2,1-3H3,(H,46,52)(H,47,53). The van der Waals surface area contributed by atoms with Crippen molar-refractivity contribution in [3.63, 3.8) is 0 Å². The van der Waals surface area contributed by atoms with Crippen LogP contribution in [0.4, 0.5) is 14.4 Å². The molecule has 0 saturated carbocycles. The molecule has 0 aliphatic heterocycles. The number of carbonyl (C=O) groups is 6. The first kappa shape index (κ1) is 52.1. The molecular weight excluding hydrogens is 961 g/mol. The highest BCUT2D eigenvalue weighted by atomic mass is 16.7. The lowest BCUT2D eigenvalue weighted by Crippen LogP contribution is -2.39. The maximum Gasteiger partial charge on any atom is 0.513 e. The highest BCUT2D eigenvalue weighted by Gasteiger charge is 2.22. The summed E-state index contributed by atoms with van der Waals surface area (Å²) in [6.07, 6.45) is -4.13. The smallest absolute Gasteiger partial charge is 0.437 e. The van der Waals surface area contributed by atoms with Gasteiger partial charge < -0.3 is 57.2 Å². The molecule has 27 nitrogen and oxygen atoms in total. The molecule has 0 radical (unpaired) electrons. The van der Waals surface area contributed by atoms with Crippen LogP contribution in [0.5, 0.6) is 17.2 Å². The summed E-state index contributed by atoms with van der Waals surface area (Å²) in [5.41, 5.74) is -3.39. The second-order valence-corrected chi connectivity index (χ2v) is 15.1. The number of nitrogens with one attached hydrogen (secondary N) is 2. The number of amides is 3. The topological polar surface area (TPSA) is 342 Å². The zero-order valence-corrected chi connectivity index (χ0v) is 38.5. The summed E-state index contributed by atoms with van der Waals surface area (Å²) in [4.78, 5) is 154. The average Bonchev–Trinajstić information content (AvgIpc) is 3.36. The first-order valence-electron chi connectivity index (χ1n) is 21.6. The van der Waals surface area contributed by atoms with Crippen LogP contribution in [-0.2, 0) is 48.2 Å². The van der Waals surface area contributed by atoms with Crippen LogP contribution in [0.3, 0.4) is 0 Å². The number of hydrogen-bond acceptors (Lipinski definition) is 21. The third-order valence-corrected chi connectivity index (χ3v) is 10.6. The quantitative estimate of drug-likeness (QED) is 0.0471. The Morgan fingerprint density at radius 3 is 1.12 bits per heavy atom. The first-order valence-corrected chi connectivity index (χ1v) is 21.6. The van der Waals surface area contributed by atoms with Crippen molar-refractivity contribution in [3.05, 3.63) is 117 Å². The molecule has 0 fully saturated rings. The van der Waals surface area contributed by atoms with Gasteiger partial charge in [0.25, 0.3) is 16.7 Å². The van der Waals surface area contributed by atoms with Crippen molar-refractivity contribution in [3.8, 4) is 17.2 Å². The van der Waals surface area contributed by atoms with E-state index in [0.29, 0.717) is 13.7 Å². The fourth-order valence-corrected chi connectivity index (χ4v) is 7.02. The largest absolute Gasteiger partial charge is 0.513 e. The lowest BCUT2D eigenvalue weighted by atomic mass is 10.2. The summed E-state index contributed by atoms with van der Waals surface area (Å²) in [5, 5.41) is 4.93. The lowest BCUT2D eigenvalue weighted by molar-refractivity contribution is -0.131. The van der Waals surface area contributed by atoms with Gasteiger partial charge in [0, 0.05) is 65.1 Å². The third-order valence-electron chi connectivity index (χ3n) is 10.6. The van der Waals surface area contributed by atoms with Gasteiger partial charge in [-0.1, -0.05) is 18.2 Å². The van der Waals surface area contributed by atoms with E-state index in [1.54, 1.807) is 0 Å². The zero-order valence-electron chi connectivity index (χ0n) is 38.5. The van der Waals surface area contributed by atoms with Crippen LogP contribution in [0.25, 0.3) is 32.9 Å². The normalized spacial score (nSPS) is 10.9. The fourth-order valence-electron chi connectivity index (χ4n) is 7.02. The predicted octanol–water partition coefficient (Wildman–Crippen LogP) is 1.34. The molecule has 3 aromatic carbocycles. The van der Waals surface area contributed by atoms with E-state index in [-0.39, 0.29) is 115 Å². The van der Waals surface area contributed by atoms with Gasteiger partial charge >= 0.3 is 35.7 Å². The summed E-state index contributed by atoms with van der Waals surface area (Å²) in [5.74, 6) is -5.82. The Kier molecular flexibility index (Phi) is 17.2. The molecule has 380 valence electrons. The molecule has 72 heavy (non-hydrogen) atoms. The van der Waals surface area contributed by atoms with Gasteiger partial charge in [0.15, 0.2) is 34.0 Å². The van der Waals surface area contributed by atoms with Crippen molar-refractivity contribution in [2.45, 2.75) is 51.7 Å². The van der Waals surface area contributed by atoms with Crippen LogP contribution in [0, 0.1) is 0 Å². The van der Waals surface area contributed by atoms with Crippen LogP contribution in [0.2, 0.25) is 0 Å². The minimum atomic E-state index is -1.15. The highest BCUT2D eigenvalue weighted by molar-refractivity contribution is 5.86. The minimum Gasteiger partial charge on any atom is -0.437 e. The van der Waals surface area contributed by atoms with Gasteiger partial charge in [-0.05, 0) is 49.2 Å². The number of aromatic nitrogens is 3. The Labute approximate surface area is 401 Å². The van der Waals surface area contributed by atoms with Crippen LogP contribution < -0.4 is 58.8 Å². The van der Waals surface area contributed by atoms with Crippen molar-refractivity contribution in [2.24, 2.45) is 0 Å². The van der Waals surface area contributed by atoms with Gasteiger partial charge in [-0.25, -0.2) is 42.5 Å². The Balaban J connectivity index is 1.08. The van der Waals surface area contributed by atoms with E-state index in [1.165, 1.54) is 59.5 Å². The summed E-state index contributed by atoms with van der Waals surface area (Å²) >= 11 is 0. The molecule has 3 aromatic heterocycles. The van der Waals surface area contributed by atoms with Crippen molar-refractivity contribution in [2.75, 3.05) is 47.5 Å². The molecule has 0 saturated heterocycles. The number of para-hydroxylation sites is 3. The van der Waals surface area contributed by atoms with E-state index in [2.05, 4.69) is 24.8 Å². The van der Waals surface area contributed by atoms with Gasteiger partial charge in [0.1, 0.15) is 0 Å². The van der Waals surface area contributed by atoms with Crippen LogP contribution in [0.1, 0.15) is 32.1 Å². The summed E-state index contributed by atoms with van der Waals surface area (Å²) < 4.78 is 46.1. The molecule has 3 amide bonds. The average molecular weight is 1000 g/mol. The second-order valence-electron chi connectivity index (χ2n) is 15.1. The number of ether oxygens (including phenoxy) is 6. The molecule has 0 aliphatic carbocycles. The van der Waals surface area contributed by atoms with Crippen LogP contribution in [0.15, 0.2) is 96.6 Å². The number of benzene rings is 3. The number of carbonyl (C=O) groups excluding carboxylic acids is 6. The summed E-state index contributed by atoms with van der Waals surface area (Å²) in [6.45, 7) is -1.18. The van der Waals surface area contributed by atoms with Gasteiger partial charge in [-0.15, -0.1) is 0 Å². The molecule has 0 unspecified atom stereocenters. The minimum absolute atomic E-state index is 0.000246. The maximum atomic E-state index is 13.7. The van der Waals surface area contributed by atoms with E-state index in [4.69, 9.17) is 27.5 Å². The molecule has 3 heterocycles. The van der Waals surface area contributed by atoms with E-state index in [0.717, 1.165) is 21.3 Å². The molecule has 0 aliphatic rings. The molecule has 6 aromatic rings. The predicted molar refractivity (Wildman–Crippen MR) is 245 cm³/mol. The van der Waals surface area contributed by atoms with E-state index in [9.17, 15) is 57.5 Å². The third kappa shape index (κ3) is 12.5. The molecule has 27 heteroatoms. The maximum absolute atomic E-state index is 13.7. The number of methoxy groups -OCH3 is 3. The summed E-state index contributed by atoms with van der Waals surface area (Å²) in [7, 11) is 3.18. The van der Waals surface area contributed by atoms with Gasteiger partial charge in [-0.3, -0.25) is 28.8 Å². The summed E-state index contributed by atoms with van der Waals surface area (Å²) in [6, 6.07) is 12.0. The van der Waals surface area contributed by atoms with E-state index < -0.39 is 83.1 Å². The number of hydrogen-bond donors (Lipinski definition) is 2. The number of fused-ring (bicyclic) bond motifs is 3. The van der Waals surface area contributed by atoms with Crippen LogP contribution in [-0.4, -0.2) is 102 Å². The number of rotatable bonds is 20. The second kappa shape index (κ2) is 23.8. The van der Waals surface area contributed by atoms with E-state index in [1.807, 2.05) is 0 Å². The van der Waals surface area contributed by atoms with Crippen molar-refractivity contribution in [1.82, 2.24) is 29.2 Å². The SMILES string of the molecule is COC(=O)Oc1cccc2c(=O)n(CCC(=O)NCCCN(CCCNC(=O)CCn3c(=O)oc4c(OC(=O)OC)cccc4c3=O)C(=O)CCn3c(=O)oc4c(OC(=O)OC)cccc4c3=O)c(=O)oc12. The van der Waals surface area contributed by atoms with Crippen molar-refractivity contribution < 1.29 is 70.4 Å². The molecule has 2 N–H and O–H groups in total. The Morgan fingerprint density at radius 1 is 0.486 bits per heavy atom. The highest BCUT2D eigenvalue weighted by Crippen LogP contribution is 2.25. The molecular formula is C45H44N6O21. The van der Waals surface area contributed by atoms with Crippen LogP contribution >= 0.6 is 0 Å². The van der Waals surface area contributed by atoms with Gasteiger partial charge in [0.2, 0.25) is 17.7 Å². The molecule has 0 atom stereocenters. The Hall–Kier alpha value is -9.30. The zero-order chi connectivity index (χ0) is 52.1. The molecule has 0 bridgehead atoms. The lowest BCUT2D eigenvalue weighted by Gasteiger charge is -2.23. The Morgan fingerprint density at radius 2 is 0.806 bits per heavy atom. The van der Waals surface area contributed by atoms with E-state index >= 15 is 0 Å². The fraction of sp³-hybridized carbons (Fsp3) is 0.333. The number of nitrogens with zero attached hydrogens (tertiary/aromatic N) is 4. The van der Waals surface area contributed by atoms with Crippen molar-refractivity contribution in [1.29, 1.82) is 0 Å². The monoisotopic (exact) mass is 1000 g/mol. The van der Waals surface area contributed by atoms with Crippen molar-refractivity contribution >= 4 is 69.1 Å². The Bertz CT molecular complexity index is 3280.